The molecule has 2 nitrogen and oxygen atoms in total. The van der Waals surface area contributed by atoms with Crippen LogP contribution in [0, 0.1) is 11.3 Å². The van der Waals surface area contributed by atoms with Crippen molar-refractivity contribution in [2.45, 2.75) is 46.0 Å². The Balaban J connectivity index is 2.15. The number of ketones is 1. The summed E-state index contributed by atoms with van der Waals surface area (Å²) in [6, 6.07) is 10.5. The van der Waals surface area contributed by atoms with Crippen molar-refractivity contribution in [3.05, 3.63) is 42.2 Å². The van der Waals surface area contributed by atoms with Crippen molar-refractivity contribution in [2.75, 3.05) is 0 Å². The molecule has 2 aromatic rings. The molecule has 2 unspecified atom stereocenters. The van der Waals surface area contributed by atoms with Gasteiger partial charge in [0.05, 0.1) is 5.69 Å². The van der Waals surface area contributed by atoms with Crippen molar-refractivity contribution in [3.8, 4) is 0 Å². The van der Waals surface area contributed by atoms with Gasteiger partial charge in [0, 0.05) is 28.3 Å². The Morgan fingerprint density at radius 2 is 1.86 bits per heavy atom. The molecule has 2 heteroatoms. The molecule has 0 radical (unpaired) electrons. The number of carbonyl (C=O) groups excluding carboxylic acids is 1. The number of carbonyl (C=O) groups is 1. The Morgan fingerprint density at radius 1 is 1.14 bits per heavy atom. The number of benzene rings is 1. The van der Waals surface area contributed by atoms with E-state index in [0.717, 1.165) is 18.5 Å². The summed E-state index contributed by atoms with van der Waals surface area (Å²) in [6.45, 7) is 8.49. The van der Waals surface area contributed by atoms with E-state index >= 15 is 0 Å². The number of pyridine rings is 1. The molecule has 1 fully saturated rings. The lowest BCUT2D eigenvalue weighted by atomic mass is 9.59. The Morgan fingerprint density at radius 3 is 2.57 bits per heavy atom. The molecule has 0 saturated heterocycles. The fourth-order valence-corrected chi connectivity index (χ4v) is 4.35. The van der Waals surface area contributed by atoms with E-state index in [2.05, 4.69) is 58.0 Å². The molecule has 0 amide bonds. The number of rotatable bonds is 1. The molecule has 3 rings (SSSR count). The Labute approximate surface area is 126 Å². The van der Waals surface area contributed by atoms with Crippen LogP contribution in [0.1, 0.15) is 46.2 Å². The van der Waals surface area contributed by atoms with Gasteiger partial charge in [-0.3, -0.25) is 9.78 Å². The molecular formula is C19H23NO. The quantitative estimate of drug-likeness (QED) is 0.769. The zero-order valence-electron chi connectivity index (χ0n) is 13.3. The molecule has 1 aromatic carbocycles. The minimum absolute atomic E-state index is 0.0440. The SMILES string of the molecule is CC1CC(C)(c2nccc3ccccc23)CC(C)(C)C1=O. The number of nitrogens with zero attached hydrogens (tertiary/aromatic N) is 1. The van der Waals surface area contributed by atoms with Crippen LogP contribution < -0.4 is 0 Å². The minimum atomic E-state index is -0.273. The van der Waals surface area contributed by atoms with Crippen LogP contribution in [-0.2, 0) is 10.2 Å². The first-order chi connectivity index (χ1) is 9.83. The van der Waals surface area contributed by atoms with E-state index in [1.807, 2.05) is 6.20 Å². The lowest BCUT2D eigenvalue weighted by molar-refractivity contribution is -0.136. The average Bonchev–Trinajstić information content (AvgIpc) is 2.43. The molecule has 0 N–H and O–H groups in total. The number of Topliss-reactive ketones (excluding diaryl/α,β-unsaturated/α-hetero) is 1. The zero-order chi connectivity index (χ0) is 15.3. The summed E-state index contributed by atoms with van der Waals surface area (Å²) in [5.74, 6) is 0.486. The molecule has 1 aromatic heterocycles. The second-order valence-electron chi connectivity index (χ2n) is 7.47. The van der Waals surface area contributed by atoms with Gasteiger partial charge >= 0.3 is 0 Å². The molecule has 1 aliphatic rings. The molecule has 110 valence electrons. The summed E-state index contributed by atoms with van der Waals surface area (Å²) in [6.07, 6.45) is 3.65. The lowest BCUT2D eigenvalue weighted by Gasteiger charge is -2.44. The summed E-state index contributed by atoms with van der Waals surface area (Å²) < 4.78 is 0. The third kappa shape index (κ3) is 2.27. The first-order valence-electron chi connectivity index (χ1n) is 7.72. The average molecular weight is 281 g/mol. The summed E-state index contributed by atoms with van der Waals surface area (Å²) >= 11 is 0. The topological polar surface area (TPSA) is 30.0 Å². The van der Waals surface area contributed by atoms with Gasteiger partial charge in [-0.2, -0.15) is 0 Å². The summed E-state index contributed by atoms with van der Waals surface area (Å²) in [4.78, 5) is 17.1. The van der Waals surface area contributed by atoms with Gasteiger partial charge in [-0.15, -0.1) is 0 Å². The molecule has 0 aliphatic heterocycles. The third-order valence-corrected chi connectivity index (χ3v) is 4.95. The van der Waals surface area contributed by atoms with E-state index in [1.54, 1.807) is 0 Å². The van der Waals surface area contributed by atoms with Gasteiger partial charge < -0.3 is 0 Å². The van der Waals surface area contributed by atoms with Crippen molar-refractivity contribution in [1.29, 1.82) is 0 Å². The summed E-state index contributed by atoms with van der Waals surface area (Å²) in [5, 5.41) is 2.45. The van der Waals surface area contributed by atoms with Crippen molar-refractivity contribution in [1.82, 2.24) is 4.98 Å². The molecule has 21 heavy (non-hydrogen) atoms. The van der Waals surface area contributed by atoms with Gasteiger partial charge in [0.25, 0.3) is 0 Å². The predicted octanol–water partition coefficient (Wildman–Crippen LogP) is 4.52. The van der Waals surface area contributed by atoms with E-state index in [9.17, 15) is 4.79 Å². The van der Waals surface area contributed by atoms with E-state index in [1.165, 1.54) is 10.8 Å². The highest BCUT2D eigenvalue weighted by atomic mass is 16.1. The Bertz CT molecular complexity index is 698. The molecule has 2 atom stereocenters. The van der Waals surface area contributed by atoms with Gasteiger partial charge in [-0.05, 0) is 24.3 Å². The number of hydrogen-bond acceptors (Lipinski definition) is 2. The largest absolute Gasteiger partial charge is 0.299 e. The molecule has 1 aliphatic carbocycles. The van der Waals surface area contributed by atoms with Crippen LogP contribution in [0.4, 0.5) is 0 Å². The summed E-state index contributed by atoms with van der Waals surface area (Å²) in [7, 11) is 0. The Hall–Kier alpha value is -1.70. The molecular weight excluding hydrogens is 258 g/mol. The van der Waals surface area contributed by atoms with Gasteiger partial charge in [-0.25, -0.2) is 0 Å². The monoisotopic (exact) mass is 281 g/mol. The second-order valence-corrected chi connectivity index (χ2v) is 7.47. The normalized spacial score (nSPS) is 28.8. The fraction of sp³-hybridized carbons (Fsp3) is 0.474. The van der Waals surface area contributed by atoms with Crippen molar-refractivity contribution < 1.29 is 4.79 Å². The van der Waals surface area contributed by atoms with Gasteiger partial charge in [0.2, 0.25) is 0 Å². The standard InChI is InChI=1S/C19H23NO/c1-13-11-19(4,12-18(2,3)17(13)21)16-15-8-6-5-7-14(15)9-10-20-16/h5-10,13H,11-12H2,1-4H3. The zero-order valence-corrected chi connectivity index (χ0v) is 13.3. The number of fused-ring (bicyclic) bond motifs is 1. The maximum atomic E-state index is 12.4. The predicted molar refractivity (Wildman–Crippen MR) is 86.3 cm³/mol. The first kappa shape index (κ1) is 14.2. The number of hydrogen-bond donors (Lipinski definition) is 0. The van der Waals surface area contributed by atoms with E-state index in [0.29, 0.717) is 5.78 Å². The van der Waals surface area contributed by atoms with E-state index in [-0.39, 0.29) is 16.7 Å². The smallest absolute Gasteiger partial charge is 0.141 e. The van der Waals surface area contributed by atoms with Crippen molar-refractivity contribution in [3.63, 3.8) is 0 Å². The number of aromatic nitrogens is 1. The summed E-state index contributed by atoms with van der Waals surface area (Å²) in [5.41, 5.74) is 0.830. The van der Waals surface area contributed by atoms with Crippen LogP contribution in [0.5, 0.6) is 0 Å². The van der Waals surface area contributed by atoms with Crippen LogP contribution in [0.25, 0.3) is 10.8 Å². The maximum Gasteiger partial charge on any atom is 0.141 e. The molecule has 1 saturated carbocycles. The first-order valence-corrected chi connectivity index (χ1v) is 7.72. The van der Waals surface area contributed by atoms with Crippen LogP contribution in [0.3, 0.4) is 0 Å². The lowest BCUT2D eigenvalue weighted by Crippen LogP contribution is -2.45. The Kier molecular flexibility index (Phi) is 3.16. The van der Waals surface area contributed by atoms with Gasteiger partial charge in [0.15, 0.2) is 0 Å². The van der Waals surface area contributed by atoms with Crippen LogP contribution >= 0.6 is 0 Å². The van der Waals surface area contributed by atoms with Crippen molar-refractivity contribution in [2.24, 2.45) is 11.3 Å². The highest BCUT2D eigenvalue weighted by molar-refractivity contribution is 5.89. The van der Waals surface area contributed by atoms with E-state index < -0.39 is 0 Å². The fourth-order valence-electron chi connectivity index (χ4n) is 4.35. The van der Waals surface area contributed by atoms with E-state index in [4.69, 9.17) is 4.98 Å². The molecule has 0 spiro atoms. The second kappa shape index (κ2) is 4.66. The maximum absolute atomic E-state index is 12.4. The van der Waals surface area contributed by atoms with Crippen LogP contribution in [0.2, 0.25) is 0 Å². The van der Waals surface area contributed by atoms with Gasteiger partial charge in [0.1, 0.15) is 5.78 Å². The molecule has 1 heterocycles. The third-order valence-electron chi connectivity index (χ3n) is 4.95. The van der Waals surface area contributed by atoms with Crippen LogP contribution in [-0.4, -0.2) is 10.8 Å². The highest BCUT2D eigenvalue weighted by Gasteiger charge is 2.47. The van der Waals surface area contributed by atoms with Crippen LogP contribution in [0.15, 0.2) is 36.5 Å². The highest BCUT2D eigenvalue weighted by Crippen LogP contribution is 2.48. The van der Waals surface area contributed by atoms with Gasteiger partial charge in [-0.1, -0.05) is 52.0 Å². The van der Waals surface area contributed by atoms with Crippen molar-refractivity contribution >= 4 is 16.6 Å². The minimum Gasteiger partial charge on any atom is -0.299 e. The molecule has 0 bridgehead atoms.